The zero-order valence-corrected chi connectivity index (χ0v) is 13.1. The third kappa shape index (κ3) is 2.47. The first-order chi connectivity index (χ1) is 9.27. The molecule has 3 rings (SSSR count). The molecule has 2 aliphatic rings. The summed E-state index contributed by atoms with van der Waals surface area (Å²) in [5.41, 5.74) is 1.60. The summed E-state index contributed by atoms with van der Waals surface area (Å²) in [7, 11) is 2.13. The maximum Gasteiger partial charge on any atom is 0.113 e. The van der Waals surface area contributed by atoms with E-state index in [0.29, 0.717) is 0 Å². The normalized spacial score (nSPS) is 30.5. The number of hydrogen-bond donors (Lipinski definition) is 1. The third-order valence-corrected chi connectivity index (χ3v) is 6.50. The zero-order valence-electron chi connectivity index (χ0n) is 12.3. The highest BCUT2D eigenvalue weighted by Gasteiger charge is 2.38. The average molecular weight is 278 g/mol. The summed E-state index contributed by atoms with van der Waals surface area (Å²) in [5, 5.41) is 5.02. The topological polar surface area (TPSA) is 24.9 Å². The Morgan fingerprint density at radius 2 is 2.11 bits per heavy atom. The van der Waals surface area contributed by atoms with Crippen LogP contribution >= 0.6 is 11.3 Å². The molecule has 0 aromatic carbocycles. The molecule has 2 aliphatic carbocycles. The van der Waals surface area contributed by atoms with Gasteiger partial charge in [0.2, 0.25) is 0 Å². The van der Waals surface area contributed by atoms with E-state index < -0.39 is 0 Å². The van der Waals surface area contributed by atoms with Crippen LogP contribution in [-0.2, 0) is 18.4 Å². The summed E-state index contributed by atoms with van der Waals surface area (Å²) in [6.45, 7) is 2.31. The quantitative estimate of drug-likeness (QED) is 0.899. The van der Waals surface area contributed by atoms with Crippen molar-refractivity contribution in [2.45, 2.75) is 70.3 Å². The molecule has 1 saturated carbocycles. The third-order valence-electron chi connectivity index (χ3n) is 5.14. The van der Waals surface area contributed by atoms with E-state index in [0.717, 1.165) is 5.92 Å². The Bertz CT molecular complexity index is 408. The molecule has 0 spiro atoms. The Morgan fingerprint density at radius 3 is 2.74 bits per heavy atom. The fourth-order valence-electron chi connectivity index (χ4n) is 3.83. The molecule has 2 nitrogen and oxygen atoms in total. The van der Waals surface area contributed by atoms with Crippen molar-refractivity contribution in [3.8, 4) is 0 Å². The summed E-state index contributed by atoms with van der Waals surface area (Å²) in [4.78, 5) is 6.55. The van der Waals surface area contributed by atoms with Gasteiger partial charge in [-0.1, -0.05) is 19.8 Å². The van der Waals surface area contributed by atoms with Gasteiger partial charge in [0, 0.05) is 4.88 Å². The van der Waals surface area contributed by atoms with Crippen molar-refractivity contribution in [1.29, 1.82) is 0 Å². The maximum absolute atomic E-state index is 4.98. The van der Waals surface area contributed by atoms with E-state index in [-0.39, 0.29) is 5.54 Å². The standard InChI is InChI=1S/C16H26N2S/c1-3-5-12-8-10-16(17-2,11-9-12)15-18-13-6-4-7-14(13)19-15/h12,17H,3-11H2,1-2H3. The van der Waals surface area contributed by atoms with Gasteiger partial charge in [0.05, 0.1) is 11.2 Å². The van der Waals surface area contributed by atoms with Crippen molar-refractivity contribution < 1.29 is 0 Å². The van der Waals surface area contributed by atoms with Gasteiger partial charge in [-0.15, -0.1) is 11.3 Å². The number of fused-ring (bicyclic) bond motifs is 1. The van der Waals surface area contributed by atoms with Crippen molar-refractivity contribution in [2.75, 3.05) is 7.05 Å². The van der Waals surface area contributed by atoms with E-state index in [1.807, 2.05) is 11.3 Å². The fourth-order valence-corrected chi connectivity index (χ4v) is 5.24. The van der Waals surface area contributed by atoms with Gasteiger partial charge in [-0.2, -0.15) is 0 Å². The first-order valence-electron chi connectivity index (χ1n) is 7.95. The molecule has 1 heterocycles. The average Bonchev–Trinajstić information content (AvgIpc) is 3.01. The van der Waals surface area contributed by atoms with Gasteiger partial charge in [-0.3, -0.25) is 0 Å². The van der Waals surface area contributed by atoms with E-state index in [1.54, 1.807) is 4.88 Å². The van der Waals surface area contributed by atoms with Crippen LogP contribution in [0.25, 0.3) is 0 Å². The molecule has 0 aliphatic heterocycles. The Kier molecular flexibility index (Phi) is 3.95. The molecule has 1 fully saturated rings. The largest absolute Gasteiger partial charge is 0.308 e. The van der Waals surface area contributed by atoms with Crippen molar-refractivity contribution in [1.82, 2.24) is 10.3 Å². The summed E-state index contributed by atoms with van der Waals surface area (Å²) < 4.78 is 0. The van der Waals surface area contributed by atoms with Crippen LogP contribution in [0.15, 0.2) is 0 Å². The van der Waals surface area contributed by atoms with Crippen LogP contribution in [0.5, 0.6) is 0 Å². The summed E-state index contributed by atoms with van der Waals surface area (Å²) in [6, 6.07) is 0. The lowest BCUT2D eigenvalue weighted by Crippen LogP contribution is -2.43. The number of rotatable bonds is 4. The molecule has 1 aromatic rings. The molecule has 0 saturated heterocycles. The second-order valence-corrected chi connectivity index (χ2v) is 7.39. The first kappa shape index (κ1) is 13.6. The lowest BCUT2D eigenvalue weighted by Gasteiger charge is -2.38. The second-order valence-electron chi connectivity index (χ2n) is 6.31. The van der Waals surface area contributed by atoms with Gasteiger partial charge >= 0.3 is 0 Å². The molecule has 0 amide bonds. The number of nitrogens with one attached hydrogen (secondary N) is 1. The summed E-state index contributed by atoms with van der Waals surface area (Å²) in [5.74, 6) is 0.957. The highest BCUT2D eigenvalue weighted by atomic mass is 32.1. The minimum Gasteiger partial charge on any atom is -0.308 e. The predicted octanol–water partition coefficient (Wildman–Crippen LogP) is 4.04. The molecular weight excluding hydrogens is 252 g/mol. The van der Waals surface area contributed by atoms with Gasteiger partial charge in [0.25, 0.3) is 0 Å². The van der Waals surface area contributed by atoms with Crippen molar-refractivity contribution in [3.63, 3.8) is 0 Å². The van der Waals surface area contributed by atoms with Gasteiger partial charge in [-0.25, -0.2) is 4.98 Å². The van der Waals surface area contributed by atoms with Crippen LogP contribution < -0.4 is 5.32 Å². The molecule has 0 unspecified atom stereocenters. The van der Waals surface area contributed by atoms with Crippen LogP contribution in [-0.4, -0.2) is 12.0 Å². The Balaban J connectivity index is 1.76. The molecular formula is C16H26N2S. The molecule has 3 heteroatoms. The number of aryl methyl sites for hydroxylation is 2. The molecule has 0 bridgehead atoms. The maximum atomic E-state index is 4.98. The lowest BCUT2D eigenvalue weighted by molar-refractivity contribution is 0.191. The first-order valence-corrected chi connectivity index (χ1v) is 8.77. The van der Waals surface area contributed by atoms with Gasteiger partial charge in [0.15, 0.2) is 0 Å². The zero-order chi connectivity index (χ0) is 13.3. The van der Waals surface area contributed by atoms with E-state index in [4.69, 9.17) is 4.98 Å². The summed E-state index contributed by atoms with van der Waals surface area (Å²) in [6.07, 6.45) is 11.9. The van der Waals surface area contributed by atoms with Crippen LogP contribution in [0.3, 0.4) is 0 Å². The highest BCUT2D eigenvalue weighted by molar-refractivity contribution is 7.12. The number of hydrogen-bond acceptors (Lipinski definition) is 3. The number of thiazole rings is 1. The SMILES string of the molecule is CCCC1CCC(NC)(c2nc3c(s2)CCC3)CC1. The van der Waals surface area contributed by atoms with Crippen molar-refractivity contribution >= 4 is 11.3 Å². The molecule has 0 atom stereocenters. The predicted molar refractivity (Wildman–Crippen MR) is 81.7 cm³/mol. The molecule has 1 N–H and O–H groups in total. The Labute approximate surface area is 121 Å². The Hall–Kier alpha value is -0.410. The van der Waals surface area contributed by atoms with E-state index in [1.165, 1.54) is 68.5 Å². The van der Waals surface area contributed by atoms with E-state index in [9.17, 15) is 0 Å². The monoisotopic (exact) mass is 278 g/mol. The highest BCUT2D eigenvalue weighted by Crippen LogP contribution is 2.43. The Morgan fingerprint density at radius 1 is 1.32 bits per heavy atom. The van der Waals surface area contributed by atoms with Crippen LogP contribution in [0.4, 0.5) is 0 Å². The van der Waals surface area contributed by atoms with Gasteiger partial charge < -0.3 is 5.32 Å². The fraction of sp³-hybridized carbons (Fsp3) is 0.812. The second kappa shape index (κ2) is 5.53. The minimum atomic E-state index is 0.194. The summed E-state index contributed by atoms with van der Waals surface area (Å²) >= 11 is 1.99. The molecule has 1 aromatic heterocycles. The van der Waals surface area contributed by atoms with E-state index >= 15 is 0 Å². The van der Waals surface area contributed by atoms with Gasteiger partial charge in [0.1, 0.15) is 5.01 Å². The molecule has 106 valence electrons. The number of aromatic nitrogens is 1. The lowest BCUT2D eigenvalue weighted by atomic mass is 9.75. The van der Waals surface area contributed by atoms with Crippen LogP contribution in [0.1, 0.15) is 67.4 Å². The number of nitrogens with zero attached hydrogens (tertiary/aromatic N) is 1. The van der Waals surface area contributed by atoms with Crippen molar-refractivity contribution in [3.05, 3.63) is 15.6 Å². The molecule has 0 radical (unpaired) electrons. The smallest absolute Gasteiger partial charge is 0.113 e. The van der Waals surface area contributed by atoms with Crippen LogP contribution in [0, 0.1) is 5.92 Å². The minimum absolute atomic E-state index is 0.194. The van der Waals surface area contributed by atoms with E-state index in [2.05, 4.69) is 19.3 Å². The molecule has 19 heavy (non-hydrogen) atoms. The van der Waals surface area contributed by atoms with Gasteiger partial charge in [-0.05, 0) is 57.9 Å². The van der Waals surface area contributed by atoms with Crippen LogP contribution in [0.2, 0.25) is 0 Å². The van der Waals surface area contributed by atoms with Crippen molar-refractivity contribution in [2.24, 2.45) is 5.92 Å².